The third-order valence-electron chi connectivity index (χ3n) is 7.87. The van der Waals surface area contributed by atoms with E-state index in [0.29, 0.717) is 6.04 Å². The van der Waals surface area contributed by atoms with Gasteiger partial charge in [-0.2, -0.15) is 16.9 Å². The summed E-state index contributed by atoms with van der Waals surface area (Å²) in [6, 6.07) is 7.15. The van der Waals surface area contributed by atoms with Gasteiger partial charge >= 0.3 is 0 Å². The van der Waals surface area contributed by atoms with Crippen LogP contribution in [0.2, 0.25) is 0 Å². The van der Waals surface area contributed by atoms with Crippen LogP contribution in [0.25, 0.3) is 0 Å². The van der Waals surface area contributed by atoms with Crippen LogP contribution in [0, 0.1) is 13.8 Å². The van der Waals surface area contributed by atoms with Crippen molar-refractivity contribution in [2.24, 2.45) is 0 Å². The summed E-state index contributed by atoms with van der Waals surface area (Å²) < 4.78 is 2.09. The average Bonchev–Trinajstić information content (AvgIpc) is 3.24. The van der Waals surface area contributed by atoms with Crippen LogP contribution < -0.4 is 4.90 Å². The zero-order valence-corrected chi connectivity index (χ0v) is 21.2. The zero-order valence-electron chi connectivity index (χ0n) is 20.3. The number of carbonyl (C=O) groups excluding carboxylic acids is 1. The highest BCUT2D eigenvalue weighted by molar-refractivity contribution is 7.99. The summed E-state index contributed by atoms with van der Waals surface area (Å²) in [6.07, 6.45) is 3.15. The van der Waals surface area contributed by atoms with Crippen LogP contribution in [0.1, 0.15) is 46.2 Å². The van der Waals surface area contributed by atoms with E-state index in [-0.39, 0.29) is 5.91 Å². The fourth-order valence-corrected chi connectivity index (χ4v) is 6.64. The van der Waals surface area contributed by atoms with Gasteiger partial charge in [0.1, 0.15) is 0 Å². The number of fused-ring (bicyclic) bond motifs is 1. The van der Waals surface area contributed by atoms with Crippen molar-refractivity contribution in [1.29, 1.82) is 0 Å². The molecule has 2 aromatic rings. The van der Waals surface area contributed by atoms with Crippen LogP contribution in [0.4, 0.5) is 5.69 Å². The molecule has 2 fully saturated rings. The number of piperazine rings is 1. The molecule has 2 aliphatic heterocycles. The highest BCUT2D eigenvalue weighted by Gasteiger charge is 2.34. The molecule has 2 saturated heterocycles. The number of rotatable bonds is 4. The maximum Gasteiger partial charge on any atom is 0.274 e. The summed E-state index contributed by atoms with van der Waals surface area (Å²) in [5, 5.41) is 4.83. The Balaban J connectivity index is 1.29. The molecule has 1 atom stereocenters. The van der Waals surface area contributed by atoms with E-state index in [1.807, 2.05) is 16.7 Å². The van der Waals surface area contributed by atoms with Gasteiger partial charge < -0.3 is 9.80 Å². The molecule has 1 aromatic carbocycles. The van der Waals surface area contributed by atoms with E-state index < -0.39 is 0 Å². The lowest BCUT2D eigenvalue weighted by Gasteiger charge is -2.42. The lowest BCUT2D eigenvalue weighted by Crippen LogP contribution is -2.52. The van der Waals surface area contributed by atoms with Crippen LogP contribution in [0.5, 0.6) is 0 Å². The molecule has 33 heavy (non-hydrogen) atoms. The molecule has 3 aliphatic rings. The molecule has 0 N–H and O–H groups in total. The van der Waals surface area contributed by atoms with Gasteiger partial charge in [0, 0.05) is 80.3 Å². The number of amides is 1. The molecule has 0 spiro atoms. The number of benzene rings is 1. The van der Waals surface area contributed by atoms with E-state index in [0.717, 1.165) is 82.3 Å². The van der Waals surface area contributed by atoms with Gasteiger partial charge in [0.15, 0.2) is 5.69 Å². The molecule has 1 aliphatic carbocycles. The van der Waals surface area contributed by atoms with Gasteiger partial charge in [-0.1, -0.05) is 12.1 Å². The predicted molar refractivity (Wildman–Crippen MR) is 137 cm³/mol. The Bertz CT molecular complexity index is 1000. The molecular formula is C26H37N5OS. The second kappa shape index (κ2) is 9.71. The van der Waals surface area contributed by atoms with E-state index in [1.165, 1.54) is 28.1 Å². The van der Waals surface area contributed by atoms with Crippen LogP contribution in [0.3, 0.4) is 0 Å². The number of aryl methyl sites for hydroxylation is 2. The van der Waals surface area contributed by atoms with E-state index >= 15 is 0 Å². The van der Waals surface area contributed by atoms with Gasteiger partial charge in [0.05, 0.1) is 0 Å². The minimum atomic E-state index is 0.152. The Morgan fingerprint density at radius 1 is 1.09 bits per heavy atom. The SMILES string of the molecule is CCn1nc(C(=O)N2CCSCC2)c2c1CC[C@@H](N1CCN(c3cccc(C)c3C)CC1)C2. The molecule has 6 nitrogen and oxygen atoms in total. The molecule has 3 heterocycles. The summed E-state index contributed by atoms with van der Waals surface area (Å²) >= 11 is 1.94. The Morgan fingerprint density at radius 3 is 2.58 bits per heavy atom. The minimum Gasteiger partial charge on any atom is -0.369 e. The summed E-state index contributed by atoms with van der Waals surface area (Å²) in [5.74, 6) is 2.23. The number of hydrogen-bond acceptors (Lipinski definition) is 5. The van der Waals surface area contributed by atoms with Gasteiger partial charge in [-0.3, -0.25) is 14.4 Å². The molecular weight excluding hydrogens is 430 g/mol. The molecule has 5 rings (SSSR count). The summed E-state index contributed by atoms with van der Waals surface area (Å²) in [7, 11) is 0. The van der Waals surface area contributed by atoms with Gasteiger partial charge in [-0.15, -0.1) is 0 Å². The lowest BCUT2D eigenvalue weighted by atomic mass is 9.89. The maximum atomic E-state index is 13.4. The fourth-order valence-electron chi connectivity index (χ4n) is 5.74. The summed E-state index contributed by atoms with van der Waals surface area (Å²) in [4.78, 5) is 20.6. The van der Waals surface area contributed by atoms with Crippen molar-refractivity contribution in [3.05, 3.63) is 46.3 Å². The molecule has 0 bridgehead atoms. The third-order valence-corrected chi connectivity index (χ3v) is 8.81. The Hall–Kier alpha value is -1.99. The van der Waals surface area contributed by atoms with Crippen LogP contribution in [0.15, 0.2) is 18.2 Å². The quantitative estimate of drug-likeness (QED) is 0.690. The number of anilines is 1. The standard InChI is InChI=1S/C26H37N5OS/c1-4-31-24-9-8-21(18-22(24)25(27-31)26(32)30-14-16-33-17-15-30)28-10-12-29(13-11-28)23-7-5-6-19(2)20(23)3/h5-7,21H,4,8-18H2,1-3H3/t21-/m1/s1. The number of nitrogens with zero attached hydrogens (tertiary/aromatic N) is 5. The Labute approximate surface area is 202 Å². The number of carbonyl (C=O) groups is 1. The van der Waals surface area contributed by atoms with E-state index in [1.54, 1.807) is 0 Å². The molecule has 0 radical (unpaired) electrons. The topological polar surface area (TPSA) is 44.6 Å². The second-order valence-electron chi connectivity index (χ2n) is 9.63. The van der Waals surface area contributed by atoms with Crippen molar-refractivity contribution < 1.29 is 4.79 Å². The Kier molecular flexibility index (Phi) is 6.70. The molecule has 1 amide bonds. The van der Waals surface area contributed by atoms with Gasteiger partial charge in [0.2, 0.25) is 0 Å². The first-order valence-electron chi connectivity index (χ1n) is 12.6. The zero-order chi connectivity index (χ0) is 22.9. The first-order valence-corrected chi connectivity index (χ1v) is 13.7. The Morgan fingerprint density at radius 2 is 1.85 bits per heavy atom. The largest absolute Gasteiger partial charge is 0.369 e. The molecule has 1 aromatic heterocycles. The van der Waals surface area contributed by atoms with Crippen molar-refractivity contribution in [1.82, 2.24) is 19.6 Å². The molecule has 7 heteroatoms. The van der Waals surface area contributed by atoms with Crippen molar-refractivity contribution in [2.45, 2.75) is 52.6 Å². The third kappa shape index (κ3) is 4.42. The highest BCUT2D eigenvalue weighted by atomic mass is 32.2. The fraction of sp³-hybridized carbons (Fsp3) is 0.615. The van der Waals surface area contributed by atoms with E-state index in [4.69, 9.17) is 5.10 Å². The normalized spacial score (nSPS) is 21.8. The minimum absolute atomic E-state index is 0.152. The first kappa shape index (κ1) is 22.8. The summed E-state index contributed by atoms with van der Waals surface area (Å²) in [5.41, 5.74) is 7.42. The maximum absolute atomic E-state index is 13.4. The lowest BCUT2D eigenvalue weighted by molar-refractivity contribution is 0.0763. The molecule has 0 saturated carbocycles. The molecule has 178 valence electrons. The number of thioether (sulfide) groups is 1. The smallest absolute Gasteiger partial charge is 0.274 e. The van der Waals surface area contributed by atoms with Gasteiger partial charge in [-0.25, -0.2) is 0 Å². The predicted octanol–water partition coefficient (Wildman–Crippen LogP) is 3.39. The summed E-state index contributed by atoms with van der Waals surface area (Å²) in [6.45, 7) is 13.4. The van der Waals surface area contributed by atoms with Crippen LogP contribution >= 0.6 is 11.8 Å². The van der Waals surface area contributed by atoms with Gasteiger partial charge in [0.25, 0.3) is 5.91 Å². The van der Waals surface area contributed by atoms with Gasteiger partial charge in [-0.05, 0) is 57.2 Å². The second-order valence-corrected chi connectivity index (χ2v) is 10.9. The van der Waals surface area contributed by atoms with E-state index in [2.05, 4.69) is 53.5 Å². The molecule has 0 unspecified atom stereocenters. The number of aromatic nitrogens is 2. The highest BCUT2D eigenvalue weighted by Crippen LogP contribution is 2.30. The van der Waals surface area contributed by atoms with Crippen LogP contribution in [-0.2, 0) is 19.4 Å². The van der Waals surface area contributed by atoms with Crippen molar-refractivity contribution in [3.63, 3.8) is 0 Å². The monoisotopic (exact) mass is 467 g/mol. The van der Waals surface area contributed by atoms with Crippen molar-refractivity contribution >= 4 is 23.4 Å². The number of hydrogen-bond donors (Lipinski definition) is 0. The first-order chi connectivity index (χ1) is 16.1. The van der Waals surface area contributed by atoms with Crippen molar-refractivity contribution in [3.8, 4) is 0 Å². The van der Waals surface area contributed by atoms with Crippen LogP contribution in [-0.4, -0.2) is 82.3 Å². The van der Waals surface area contributed by atoms with Crippen molar-refractivity contribution in [2.75, 3.05) is 55.7 Å². The average molecular weight is 468 g/mol. The van der Waals surface area contributed by atoms with E-state index in [9.17, 15) is 4.79 Å².